The highest BCUT2D eigenvalue weighted by Crippen LogP contribution is 2.39. The standard InChI is InChI=1S/C19H28O4/c1-5-8-9-13-19(17(20)22-6-2,18(21)23-7-3)14-12-15(4)16-10-11-16/h1H,6-14H2,2-4H3. The fraction of sp³-hybridized carbons (Fsp3) is 0.684. The normalized spacial score (nSPS) is 13.2. The monoisotopic (exact) mass is 320 g/mol. The molecule has 0 bridgehead atoms. The number of hydrogen-bond acceptors (Lipinski definition) is 4. The first-order chi connectivity index (χ1) is 11.0. The maximum Gasteiger partial charge on any atom is 0.323 e. The van der Waals surface area contributed by atoms with Gasteiger partial charge in [-0.15, -0.1) is 12.3 Å². The van der Waals surface area contributed by atoms with Crippen LogP contribution in [0.15, 0.2) is 11.1 Å². The third-order valence-corrected chi connectivity index (χ3v) is 4.29. The largest absolute Gasteiger partial charge is 0.465 e. The Balaban J connectivity index is 2.98. The Kier molecular flexibility index (Phi) is 7.88. The van der Waals surface area contributed by atoms with Gasteiger partial charge in [0.25, 0.3) is 0 Å². The van der Waals surface area contributed by atoms with Gasteiger partial charge in [0.2, 0.25) is 0 Å². The molecule has 0 radical (unpaired) electrons. The molecule has 4 heteroatoms. The predicted molar refractivity (Wildman–Crippen MR) is 89.6 cm³/mol. The number of allylic oxidation sites excluding steroid dienone is 2. The van der Waals surface area contributed by atoms with Crippen LogP contribution in [-0.2, 0) is 19.1 Å². The van der Waals surface area contributed by atoms with Crippen molar-refractivity contribution >= 4 is 11.9 Å². The Labute approximate surface area is 139 Å². The molecule has 4 nitrogen and oxygen atoms in total. The van der Waals surface area contributed by atoms with E-state index in [9.17, 15) is 9.59 Å². The van der Waals surface area contributed by atoms with E-state index in [1.165, 1.54) is 11.1 Å². The van der Waals surface area contributed by atoms with Crippen LogP contribution < -0.4 is 0 Å². The lowest BCUT2D eigenvalue weighted by Crippen LogP contribution is -2.42. The highest BCUT2D eigenvalue weighted by molar-refractivity contribution is 6.00. The van der Waals surface area contributed by atoms with Crippen LogP contribution in [0.5, 0.6) is 0 Å². The molecule has 1 rings (SSSR count). The van der Waals surface area contributed by atoms with Crippen LogP contribution in [0, 0.1) is 17.8 Å². The summed E-state index contributed by atoms with van der Waals surface area (Å²) in [5.74, 6) is 1.60. The van der Waals surface area contributed by atoms with Gasteiger partial charge >= 0.3 is 11.9 Å². The fourth-order valence-corrected chi connectivity index (χ4v) is 2.71. The lowest BCUT2D eigenvalue weighted by Gasteiger charge is -2.29. The molecular weight excluding hydrogens is 292 g/mol. The van der Waals surface area contributed by atoms with Crippen LogP contribution in [-0.4, -0.2) is 25.2 Å². The van der Waals surface area contributed by atoms with Crippen LogP contribution in [0.3, 0.4) is 0 Å². The van der Waals surface area contributed by atoms with Crippen molar-refractivity contribution in [3.05, 3.63) is 11.1 Å². The Hall–Kier alpha value is -1.76. The van der Waals surface area contributed by atoms with Gasteiger partial charge in [0.15, 0.2) is 5.41 Å². The lowest BCUT2D eigenvalue weighted by molar-refractivity contribution is -0.173. The molecule has 0 atom stereocenters. The highest BCUT2D eigenvalue weighted by Gasteiger charge is 2.47. The van der Waals surface area contributed by atoms with Gasteiger partial charge in [0.05, 0.1) is 13.2 Å². The van der Waals surface area contributed by atoms with Crippen molar-refractivity contribution in [1.82, 2.24) is 0 Å². The molecule has 0 aromatic rings. The van der Waals surface area contributed by atoms with E-state index in [1.54, 1.807) is 13.8 Å². The SMILES string of the molecule is C#CCCCC(CCC(C)=C1CC1)(C(=O)OCC)C(=O)OCC. The molecule has 128 valence electrons. The van der Waals surface area contributed by atoms with Crippen LogP contribution in [0.25, 0.3) is 0 Å². The number of ether oxygens (including phenoxy) is 2. The van der Waals surface area contributed by atoms with Gasteiger partial charge < -0.3 is 9.47 Å². The molecule has 0 saturated heterocycles. The van der Waals surface area contributed by atoms with E-state index >= 15 is 0 Å². The third kappa shape index (κ3) is 5.42. The lowest BCUT2D eigenvalue weighted by atomic mass is 9.77. The second-order valence-corrected chi connectivity index (χ2v) is 5.96. The molecule has 1 aliphatic rings. The van der Waals surface area contributed by atoms with Crippen molar-refractivity contribution in [3.63, 3.8) is 0 Å². The summed E-state index contributed by atoms with van der Waals surface area (Å²) in [5.41, 5.74) is 1.48. The summed E-state index contributed by atoms with van der Waals surface area (Å²) in [4.78, 5) is 25.2. The van der Waals surface area contributed by atoms with Gasteiger partial charge in [0, 0.05) is 6.42 Å². The number of hydrogen-bond donors (Lipinski definition) is 0. The molecule has 1 aliphatic carbocycles. The van der Waals surface area contributed by atoms with Crippen molar-refractivity contribution in [2.75, 3.05) is 13.2 Å². The average molecular weight is 320 g/mol. The van der Waals surface area contributed by atoms with Gasteiger partial charge in [-0.2, -0.15) is 0 Å². The summed E-state index contributed by atoms with van der Waals surface area (Å²) in [6, 6.07) is 0. The fourth-order valence-electron chi connectivity index (χ4n) is 2.71. The van der Waals surface area contributed by atoms with E-state index < -0.39 is 17.4 Å². The quantitative estimate of drug-likeness (QED) is 0.202. The zero-order valence-corrected chi connectivity index (χ0v) is 14.6. The molecular formula is C19H28O4. The van der Waals surface area contributed by atoms with Crippen molar-refractivity contribution < 1.29 is 19.1 Å². The van der Waals surface area contributed by atoms with Gasteiger partial charge in [-0.05, 0) is 59.3 Å². The van der Waals surface area contributed by atoms with Crippen molar-refractivity contribution in [2.45, 2.75) is 65.7 Å². The summed E-state index contributed by atoms with van der Waals surface area (Å²) < 4.78 is 10.4. The summed E-state index contributed by atoms with van der Waals surface area (Å²) in [6.45, 7) is 6.05. The van der Waals surface area contributed by atoms with Gasteiger partial charge in [0.1, 0.15) is 0 Å². The number of terminal acetylenes is 1. The zero-order valence-electron chi connectivity index (χ0n) is 14.6. The minimum atomic E-state index is -1.24. The summed E-state index contributed by atoms with van der Waals surface area (Å²) in [6.07, 6.45) is 10.2. The molecule has 0 aromatic carbocycles. The predicted octanol–water partition coefficient (Wildman–Crippen LogP) is 3.79. The topological polar surface area (TPSA) is 52.6 Å². The minimum absolute atomic E-state index is 0.245. The Morgan fingerprint density at radius 2 is 1.70 bits per heavy atom. The third-order valence-electron chi connectivity index (χ3n) is 4.29. The Bertz CT molecular complexity index is 472. The second-order valence-electron chi connectivity index (χ2n) is 5.96. The van der Waals surface area contributed by atoms with E-state index in [2.05, 4.69) is 12.8 Å². The molecule has 1 fully saturated rings. The molecule has 0 amide bonds. The molecule has 23 heavy (non-hydrogen) atoms. The zero-order chi connectivity index (χ0) is 17.3. The van der Waals surface area contributed by atoms with E-state index in [4.69, 9.17) is 15.9 Å². The molecule has 0 unspecified atom stereocenters. The van der Waals surface area contributed by atoms with E-state index in [0.717, 1.165) is 12.8 Å². The van der Waals surface area contributed by atoms with E-state index in [-0.39, 0.29) is 13.2 Å². The summed E-state index contributed by atoms with van der Waals surface area (Å²) >= 11 is 0. The first-order valence-electron chi connectivity index (χ1n) is 8.47. The smallest absolute Gasteiger partial charge is 0.323 e. The summed E-state index contributed by atoms with van der Waals surface area (Å²) in [5, 5.41) is 0. The highest BCUT2D eigenvalue weighted by atomic mass is 16.6. The number of carbonyl (C=O) groups excluding carboxylic acids is 2. The van der Waals surface area contributed by atoms with Crippen molar-refractivity contribution in [1.29, 1.82) is 0 Å². The van der Waals surface area contributed by atoms with Gasteiger partial charge in [-0.25, -0.2) is 0 Å². The second kappa shape index (κ2) is 9.39. The number of unbranched alkanes of at least 4 members (excludes halogenated alkanes) is 1. The maximum absolute atomic E-state index is 12.6. The molecule has 0 aliphatic heterocycles. The number of esters is 2. The van der Waals surface area contributed by atoms with Crippen molar-refractivity contribution in [2.24, 2.45) is 5.41 Å². The van der Waals surface area contributed by atoms with Gasteiger partial charge in [-0.1, -0.05) is 11.1 Å². The van der Waals surface area contributed by atoms with Crippen LogP contribution >= 0.6 is 0 Å². The van der Waals surface area contributed by atoms with E-state index in [1.807, 2.05) is 0 Å². The molecule has 0 heterocycles. The van der Waals surface area contributed by atoms with Crippen LogP contribution in [0.4, 0.5) is 0 Å². The maximum atomic E-state index is 12.6. The van der Waals surface area contributed by atoms with E-state index in [0.29, 0.717) is 32.1 Å². The van der Waals surface area contributed by atoms with Crippen LogP contribution in [0.1, 0.15) is 65.7 Å². The molecule has 1 saturated carbocycles. The number of rotatable bonds is 10. The summed E-state index contributed by atoms with van der Waals surface area (Å²) in [7, 11) is 0. The van der Waals surface area contributed by atoms with Crippen LogP contribution in [0.2, 0.25) is 0 Å². The Morgan fingerprint density at radius 1 is 1.13 bits per heavy atom. The molecule has 0 N–H and O–H groups in total. The van der Waals surface area contributed by atoms with Crippen molar-refractivity contribution in [3.8, 4) is 12.3 Å². The Morgan fingerprint density at radius 3 is 2.13 bits per heavy atom. The first kappa shape index (κ1) is 19.3. The average Bonchev–Trinajstić information content (AvgIpc) is 3.35. The first-order valence-corrected chi connectivity index (χ1v) is 8.47. The molecule has 0 aromatic heterocycles. The molecule has 0 spiro atoms. The minimum Gasteiger partial charge on any atom is -0.465 e. The number of carbonyl (C=O) groups is 2. The van der Waals surface area contributed by atoms with Gasteiger partial charge in [-0.3, -0.25) is 9.59 Å².